The summed E-state index contributed by atoms with van der Waals surface area (Å²) in [6.07, 6.45) is 1.10. The third-order valence-electron chi connectivity index (χ3n) is 3.54. The molecule has 0 radical (unpaired) electrons. The lowest BCUT2D eigenvalue weighted by Gasteiger charge is -2.37. The van der Waals surface area contributed by atoms with Crippen molar-refractivity contribution >= 4 is 17.3 Å². The molecule has 1 atom stereocenters. The van der Waals surface area contributed by atoms with E-state index in [1.165, 1.54) is 4.90 Å². The summed E-state index contributed by atoms with van der Waals surface area (Å²) in [6.45, 7) is 1.96. The van der Waals surface area contributed by atoms with Crippen LogP contribution in [0.3, 0.4) is 0 Å². The molecule has 1 fully saturated rings. The van der Waals surface area contributed by atoms with Crippen molar-refractivity contribution in [3.8, 4) is 0 Å². The van der Waals surface area contributed by atoms with E-state index in [1.807, 2.05) is 0 Å². The van der Waals surface area contributed by atoms with Crippen LogP contribution in [0.15, 0.2) is 12.1 Å². The Morgan fingerprint density at radius 2 is 2.24 bits per heavy atom. The quantitative estimate of drug-likeness (QED) is 0.486. The number of rotatable bonds is 2. The lowest BCUT2D eigenvalue weighted by molar-refractivity contribution is -0.384. The molecule has 1 aromatic carbocycles. The highest BCUT2D eigenvalue weighted by Crippen LogP contribution is 2.30. The molecule has 1 unspecified atom stereocenters. The maximum absolute atomic E-state index is 13.9. The summed E-state index contributed by atoms with van der Waals surface area (Å²) in [7, 11) is 0. The van der Waals surface area contributed by atoms with Gasteiger partial charge in [0.1, 0.15) is 17.1 Å². The molecule has 0 aromatic heterocycles. The van der Waals surface area contributed by atoms with Crippen LogP contribution in [0.2, 0.25) is 0 Å². The number of piperidine rings is 1. The minimum absolute atomic E-state index is 0.0351. The summed E-state index contributed by atoms with van der Waals surface area (Å²) in [5, 5.41) is 20.8. The number of aliphatic hydroxyl groups is 1. The Morgan fingerprint density at radius 3 is 2.81 bits per heavy atom. The normalized spacial score (nSPS) is 22.1. The lowest BCUT2D eigenvalue weighted by Crippen LogP contribution is -2.48. The van der Waals surface area contributed by atoms with Crippen LogP contribution in [0, 0.1) is 15.9 Å². The van der Waals surface area contributed by atoms with Crippen LogP contribution in [0.25, 0.3) is 0 Å². The molecule has 1 heterocycles. The van der Waals surface area contributed by atoms with Crippen LogP contribution in [0.1, 0.15) is 30.1 Å². The topological polar surface area (TPSA) is 110 Å². The molecule has 1 aromatic rings. The molecule has 1 amide bonds. The Hall–Kier alpha value is -2.22. The number of carbonyl (C=O) groups is 1. The second-order valence-electron chi connectivity index (χ2n) is 5.44. The van der Waals surface area contributed by atoms with Crippen molar-refractivity contribution in [2.75, 3.05) is 18.8 Å². The zero-order valence-corrected chi connectivity index (χ0v) is 11.5. The molecule has 1 aliphatic rings. The first-order valence-electron chi connectivity index (χ1n) is 6.47. The van der Waals surface area contributed by atoms with Gasteiger partial charge in [-0.2, -0.15) is 0 Å². The van der Waals surface area contributed by atoms with Gasteiger partial charge in [0.15, 0.2) is 0 Å². The van der Waals surface area contributed by atoms with Gasteiger partial charge in [0.05, 0.1) is 10.5 Å². The van der Waals surface area contributed by atoms with E-state index in [9.17, 15) is 24.4 Å². The number of nitro groups is 1. The van der Waals surface area contributed by atoms with E-state index < -0.39 is 39.2 Å². The predicted octanol–water partition coefficient (Wildman–Crippen LogP) is 1.30. The van der Waals surface area contributed by atoms with Gasteiger partial charge in [0, 0.05) is 19.2 Å². The van der Waals surface area contributed by atoms with E-state index in [-0.39, 0.29) is 6.54 Å². The second kappa shape index (κ2) is 5.28. The molecule has 21 heavy (non-hydrogen) atoms. The van der Waals surface area contributed by atoms with Gasteiger partial charge >= 0.3 is 0 Å². The van der Waals surface area contributed by atoms with Crippen molar-refractivity contribution < 1.29 is 19.2 Å². The van der Waals surface area contributed by atoms with E-state index in [4.69, 9.17) is 5.73 Å². The van der Waals surface area contributed by atoms with Crippen LogP contribution in [0.4, 0.5) is 15.8 Å². The summed E-state index contributed by atoms with van der Waals surface area (Å²) < 4.78 is 13.9. The number of hydrogen-bond donors (Lipinski definition) is 2. The maximum atomic E-state index is 13.9. The average molecular weight is 297 g/mol. The molecule has 1 aliphatic heterocycles. The second-order valence-corrected chi connectivity index (χ2v) is 5.44. The number of amides is 1. The fourth-order valence-corrected chi connectivity index (χ4v) is 2.51. The molecule has 114 valence electrons. The number of carbonyl (C=O) groups excluding carboxylic acids is 1. The highest BCUT2D eigenvalue weighted by molar-refractivity contribution is 6.01. The Balaban J connectivity index is 2.39. The number of anilines is 1. The molecule has 0 bridgehead atoms. The summed E-state index contributed by atoms with van der Waals surface area (Å²) in [5.41, 5.74) is 3.00. The molecule has 0 aliphatic carbocycles. The highest BCUT2D eigenvalue weighted by Gasteiger charge is 2.34. The number of nitro benzene ring substituents is 1. The first-order valence-corrected chi connectivity index (χ1v) is 6.47. The van der Waals surface area contributed by atoms with Gasteiger partial charge in [0.25, 0.3) is 11.6 Å². The molecular formula is C13H16FN3O4. The van der Waals surface area contributed by atoms with Gasteiger partial charge in [-0.15, -0.1) is 0 Å². The Labute approximate surface area is 120 Å². The van der Waals surface area contributed by atoms with Gasteiger partial charge in [-0.25, -0.2) is 4.39 Å². The standard InChI is InChI=1S/C13H16FN3O4/c1-13(19)5-2-6-16(7-13)12(18)10-8(14)3-4-9(11(10)15)17(20)21/h3-4,19H,2,5-7,15H2,1H3. The number of likely N-dealkylation sites (tertiary alicyclic amines) is 1. The Bertz CT molecular complexity index is 603. The van der Waals surface area contributed by atoms with Crippen molar-refractivity contribution in [1.29, 1.82) is 0 Å². The number of nitrogens with zero attached hydrogens (tertiary/aromatic N) is 2. The summed E-state index contributed by atoms with van der Waals surface area (Å²) in [6, 6.07) is 1.78. The van der Waals surface area contributed by atoms with E-state index in [0.717, 1.165) is 12.1 Å². The number of hydrogen-bond acceptors (Lipinski definition) is 5. The minimum atomic E-state index is -1.06. The molecule has 1 saturated heterocycles. The molecular weight excluding hydrogens is 281 g/mol. The Kier molecular flexibility index (Phi) is 3.82. The lowest BCUT2D eigenvalue weighted by atomic mass is 9.94. The fourth-order valence-electron chi connectivity index (χ4n) is 2.51. The molecule has 0 saturated carbocycles. The average Bonchev–Trinajstić information content (AvgIpc) is 2.36. The predicted molar refractivity (Wildman–Crippen MR) is 73.2 cm³/mol. The molecule has 7 nitrogen and oxygen atoms in total. The SMILES string of the molecule is CC1(O)CCCN(C(=O)c2c(F)ccc([N+](=O)[O-])c2N)C1. The minimum Gasteiger partial charge on any atom is -0.392 e. The first kappa shape index (κ1) is 15.2. The van der Waals surface area contributed by atoms with E-state index in [1.54, 1.807) is 6.92 Å². The third-order valence-corrected chi connectivity index (χ3v) is 3.54. The zero-order valence-electron chi connectivity index (χ0n) is 11.5. The number of nitrogen functional groups attached to an aromatic ring is 1. The van der Waals surface area contributed by atoms with Gasteiger partial charge in [-0.1, -0.05) is 0 Å². The van der Waals surface area contributed by atoms with Crippen molar-refractivity contribution in [3.63, 3.8) is 0 Å². The van der Waals surface area contributed by atoms with Crippen molar-refractivity contribution in [1.82, 2.24) is 4.90 Å². The third kappa shape index (κ3) is 2.94. The van der Waals surface area contributed by atoms with E-state index in [0.29, 0.717) is 19.4 Å². The van der Waals surface area contributed by atoms with Crippen LogP contribution in [-0.4, -0.2) is 39.5 Å². The van der Waals surface area contributed by atoms with E-state index in [2.05, 4.69) is 0 Å². The molecule has 8 heteroatoms. The van der Waals surface area contributed by atoms with E-state index >= 15 is 0 Å². The zero-order chi connectivity index (χ0) is 15.8. The number of β-amino-alcohol motifs (C(OH)–C–C–N with tert-alkyl or cyclic N) is 1. The number of halogens is 1. The molecule has 3 N–H and O–H groups in total. The molecule has 0 spiro atoms. The van der Waals surface area contributed by atoms with Crippen molar-refractivity contribution in [3.05, 3.63) is 33.6 Å². The van der Waals surface area contributed by atoms with Gasteiger partial charge in [-0.05, 0) is 25.8 Å². The largest absolute Gasteiger partial charge is 0.392 e. The van der Waals surface area contributed by atoms with Crippen molar-refractivity contribution in [2.45, 2.75) is 25.4 Å². The maximum Gasteiger partial charge on any atom is 0.293 e. The first-order chi connectivity index (χ1) is 9.73. The van der Waals surface area contributed by atoms with Crippen LogP contribution in [-0.2, 0) is 0 Å². The highest BCUT2D eigenvalue weighted by atomic mass is 19.1. The number of benzene rings is 1. The van der Waals surface area contributed by atoms with Crippen LogP contribution in [0.5, 0.6) is 0 Å². The monoisotopic (exact) mass is 297 g/mol. The van der Waals surface area contributed by atoms with Gasteiger partial charge in [-0.3, -0.25) is 14.9 Å². The van der Waals surface area contributed by atoms with Gasteiger partial charge in [0.2, 0.25) is 0 Å². The summed E-state index contributed by atoms with van der Waals surface area (Å²) in [4.78, 5) is 23.7. The van der Waals surface area contributed by atoms with Crippen LogP contribution >= 0.6 is 0 Å². The Morgan fingerprint density at radius 1 is 1.57 bits per heavy atom. The smallest absolute Gasteiger partial charge is 0.293 e. The van der Waals surface area contributed by atoms with Crippen molar-refractivity contribution in [2.24, 2.45) is 0 Å². The summed E-state index contributed by atoms with van der Waals surface area (Å²) >= 11 is 0. The fraction of sp³-hybridized carbons (Fsp3) is 0.462. The molecule has 2 rings (SSSR count). The number of nitrogens with two attached hydrogens (primary N) is 1. The van der Waals surface area contributed by atoms with Gasteiger partial charge < -0.3 is 15.7 Å². The summed E-state index contributed by atoms with van der Waals surface area (Å²) in [5.74, 6) is -1.65. The van der Waals surface area contributed by atoms with Crippen LogP contribution < -0.4 is 5.73 Å².